The summed E-state index contributed by atoms with van der Waals surface area (Å²) in [5.74, 6) is -0.280. The minimum absolute atomic E-state index is 0.0440. The Labute approximate surface area is 165 Å². The zero-order chi connectivity index (χ0) is 20.5. The van der Waals surface area contributed by atoms with Gasteiger partial charge < -0.3 is 15.2 Å². The molecule has 148 valence electrons. The molecule has 4 rings (SSSR count). The molecule has 4 aromatic rings. The van der Waals surface area contributed by atoms with Crippen LogP contribution in [0, 0.1) is 17.3 Å². The van der Waals surface area contributed by atoms with Gasteiger partial charge in [0.25, 0.3) is 11.2 Å². The number of hydrogen-bond acceptors (Lipinski definition) is 7. The number of fused-ring (bicyclic) bond motifs is 2. The molecule has 0 aliphatic heterocycles. The molecular weight excluding hydrogens is 376 g/mol. The number of nitrogens with zero attached hydrogens (tertiary/aromatic N) is 5. The van der Waals surface area contributed by atoms with E-state index >= 15 is 0 Å². The topological polar surface area (TPSA) is 123 Å². The van der Waals surface area contributed by atoms with Gasteiger partial charge in [-0.2, -0.15) is 4.73 Å². The average Bonchev–Trinajstić information content (AvgIpc) is 3.11. The summed E-state index contributed by atoms with van der Waals surface area (Å²) in [6, 6.07) is 11.7. The molecule has 0 radical (unpaired) electrons. The van der Waals surface area contributed by atoms with Crippen molar-refractivity contribution >= 4 is 39.5 Å². The Hall–Kier alpha value is -3.95. The molecule has 0 saturated heterocycles. The minimum atomic E-state index is -0.402. The molecule has 0 atom stereocenters. The third-order valence-corrected chi connectivity index (χ3v) is 4.53. The number of ether oxygens (including phenoxy) is 1. The molecule has 0 aliphatic carbocycles. The van der Waals surface area contributed by atoms with Gasteiger partial charge in [0.2, 0.25) is 5.52 Å². The third-order valence-electron chi connectivity index (χ3n) is 4.53. The highest BCUT2D eigenvalue weighted by Gasteiger charge is 2.23. The Morgan fingerprint density at radius 2 is 1.90 bits per heavy atom. The summed E-state index contributed by atoms with van der Waals surface area (Å²) in [7, 11) is 0. The Kier molecular flexibility index (Phi) is 4.59. The molecule has 1 N–H and O–H groups in total. The van der Waals surface area contributed by atoms with Gasteiger partial charge in [0.1, 0.15) is 17.7 Å². The van der Waals surface area contributed by atoms with E-state index in [9.17, 15) is 15.2 Å². The molecule has 10 nitrogen and oxygen atoms in total. The van der Waals surface area contributed by atoms with Gasteiger partial charge in [-0.25, -0.2) is 14.7 Å². The number of benzene rings is 2. The van der Waals surface area contributed by atoms with Crippen LogP contribution >= 0.6 is 0 Å². The fraction of sp³-hybridized carbons (Fsp3) is 0.211. The highest BCUT2D eigenvalue weighted by Crippen LogP contribution is 2.21. The van der Waals surface area contributed by atoms with Gasteiger partial charge >= 0.3 is 11.8 Å². The Morgan fingerprint density at radius 3 is 2.62 bits per heavy atom. The normalized spacial score (nSPS) is 11.1. The lowest BCUT2D eigenvalue weighted by atomic mass is 10.2. The van der Waals surface area contributed by atoms with Gasteiger partial charge in [-0.3, -0.25) is 4.79 Å². The van der Waals surface area contributed by atoms with Gasteiger partial charge in [-0.1, -0.05) is 17.3 Å². The van der Waals surface area contributed by atoms with Crippen LogP contribution in [0.2, 0.25) is 0 Å². The summed E-state index contributed by atoms with van der Waals surface area (Å²) in [6.07, 6.45) is 0. The van der Waals surface area contributed by atoms with Gasteiger partial charge in [-0.05, 0) is 25.1 Å². The number of para-hydroxylation sites is 2. The van der Waals surface area contributed by atoms with E-state index in [4.69, 9.17) is 4.74 Å². The van der Waals surface area contributed by atoms with Crippen LogP contribution in [0.5, 0.6) is 0 Å². The number of esters is 1. The largest absolute Gasteiger partial charge is 0.710 e. The van der Waals surface area contributed by atoms with Crippen molar-refractivity contribution in [2.24, 2.45) is 0 Å². The fourth-order valence-corrected chi connectivity index (χ4v) is 3.13. The molecular formula is C19H18N6O4. The van der Waals surface area contributed by atoms with Gasteiger partial charge in [0, 0.05) is 19.1 Å². The fourth-order valence-electron chi connectivity index (χ4n) is 3.13. The first-order chi connectivity index (χ1) is 14.0. The molecule has 2 aromatic heterocycles. The van der Waals surface area contributed by atoms with Crippen LogP contribution in [-0.4, -0.2) is 27.6 Å². The molecule has 10 heteroatoms. The van der Waals surface area contributed by atoms with E-state index in [0.29, 0.717) is 33.6 Å². The summed E-state index contributed by atoms with van der Waals surface area (Å²) >= 11 is 0. The van der Waals surface area contributed by atoms with E-state index in [2.05, 4.69) is 15.6 Å². The predicted molar refractivity (Wildman–Crippen MR) is 104 cm³/mol. The SMILES string of the molecule is CCOC(=O)Cn1nnc2cc(Nc3c(C)[n+]([O-])c4ccccc4[n+]3[O-])ccc21. The van der Waals surface area contributed by atoms with Crippen molar-refractivity contribution in [1.82, 2.24) is 15.0 Å². The summed E-state index contributed by atoms with van der Waals surface area (Å²) in [5, 5.41) is 36.3. The quantitative estimate of drug-likeness (QED) is 0.309. The molecule has 0 aliphatic rings. The minimum Gasteiger partial charge on any atom is -0.710 e. The molecule has 0 unspecified atom stereocenters. The zero-order valence-electron chi connectivity index (χ0n) is 15.8. The van der Waals surface area contributed by atoms with Gasteiger partial charge in [0.05, 0.1) is 12.1 Å². The Morgan fingerprint density at radius 1 is 1.17 bits per heavy atom. The summed E-state index contributed by atoms with van der Waals surface area (Å²) in [5.41, 5.74) is 2.53. The lowest BCUT2D eigenvalue weighted by Gasteiger charge is -2.14. The van der Waals surface area contributed by atoms with Crippen molar-refractivity contribution < 1.29 is 19.0 Å². The summed E-state index contributed by atoms with van der Waals surface area (Å²) in [4.78, 5) is 11.7. The number of rotatable bonds is 5. The predicted octanol–water partition coefficient (Wildman–Crippen LogP) is 1.47. The lowest BCUT2D eigenvalue weighted by Crippen LogP contribution is -2.43. The number of aromatic nitrogens is 5. The average molecular weight is 394 g/mol. The van der Waals surface area contributed by atoms with Crippen LogP contribution in [0.1, 0.15) is 12.6 Å². The van der Waals surface area contributed by atoms with Crippen LogP contribution in [-0.2, 0) is 16.1 Å². The number of hydrogen-bond donors (Lipinski definition) is 1. The monoisotopic (exact) mass is 394 g/mol. The van der Waals surface area contributed by atoms with Crippen LogP contribution in [0.15, 0.2) is 42.5 Å². The van der Waals surface area contributed by atoms with Crippen molar-refractivity contribution in [2.75, 3.05) is 11.9 Å². The molecule has 2 aromatic carbocycles. The molecule has 2 heterocycles. The van der Waals surface area contributed by atoms with Crippen LogP contribution in [0.25, 0.3) is 22.1 Å². The highest BCUT2D eigenvalue weighted by atomic mass is 16.5. The van der Waals surface area contributed by atoms with E-state index in [1.54, 1.807) is 56.3 Å². The maximum Gasteiger partial charge on any atom is 0.352 e. The van der Waals surface area contributed by atoms with Crippen LogP contribution in [0.3, 0.4) is 0 Å². The molecule has 0 bridgehead atoms. The van der Waals surface area contributed by atoms with E-state index in [0.717, 1.165) is 4.73 Å². The Balaban J connectivity index is 1.69. The third kappa shape index (κ3) is 3.24. The lowest BCUT2D eigenvalue weighted by molar-refractivity contribution is -0.623. The second kappa shape index (κ2) is 7.23. The van der Waals surface area contributed by atoms with Crippen molar-refractivity contribution in [1.29, 1.82) is 0 Å². The van der Waals surface area contributed by atoms with Crippen molar-refractivity contribution in [3.63, 3.8) is 0 Å². The molecule has 29 heavy (non-hydrogen) atoms. The molecule has 0 saturated carbocycles. The highest BCUT2D eigenvalue weighted by molar-refractivity contribution is 5.81. The van der Waals surface area contributed by atoms with Crippen molar-refractivity contribution in [3.8, 4) is 0 Å². The number of nitrogens with one attached hydrogen (secondary N) is 1. The van der Waals surface area contributed by atoms with E-state index in [1.807, 2.05) is 0 Å². The van der Waals surface area contributed by atoms with Crippen molar-refractivity contribution in [3.05, 3.63) is 58.6 Å². The maximum absolute atomic E-state index is 12.8. The first-order valence-corrected chi connectivity index (χ1v) is 9.00. The van der Waals surface area contributed by atoms with Crippen LogP contribution < -0.4 is 14.8 Å². The number of carbonyl (C=O) groups excluding carboxylic acids is 1. The first-order valence-electron chi connectivity index (χ1n) is 9.00. The first kappa shape index (κ1) is 18.4. The number of carbonyl (C=O) groups is 1. The molecule has 0 spiro atoms. The van der Waals surface area contributed by atoms with E-state index < -0.39 is 5.97 Å². The standard InChI is InChI=1S/C19H18N6O4/c1-3-29-18(26)11-23-15-9-8-13(10-14(15)21-22-23)20-19-12(2)24(27)16-6-4-5-7-17(16)25(19)28/h4-10,20H,3,11H2,1-2H3. The van der Waals surface area contributed by atoms with Crippen LogP contribution in [0.4, 0.5) is 11.5 Å². The smallest absolute Gasteiger partial charge is 0.352 e. The van der Waals surface area contributed by atoms with E-state index in [1.165, 1.54) is 4.68 Å². The number of anilines is 2. The van der Waals surface area contributed by atoms with Crippen molar-refractivity contribution in [2.45, 2.75) is 20.4 Å². The van der Waals surface area contributed by atoms with E-state index in [-0.39, 0.29) is 23.6 Å². The summed E-state index contributed by atoms with van der Waals surface area (Å²) < 4.78 is 7.79. The Bertz CT molecular complexity index is 1240. The van der Waals surface area contributed by atoms with Gasteiger partial charge in [0.15, 0.2) is 0 Å². The maximum atomic E-state index is 12.8. The molecule has 0 fully saturated rings. The molecule has 0 amide bonds. The van der Waals surface area contributed by atoms with Gasteiger partial charge in [-0.15, -0.1) is 5.10 Å². The summed E-state index contributed by atoms with van der Waals surface area (Å²) in [6.45, 7) is 3.56. The zero-order valence-corrected chi connectivity index (χ0v) is 15.8. The second-order valence-corrected chi connectivity index (χ2v) is 6.39. The second-order valence-electron chi connectivity index (χ2n) is 6.39.